The summed E-state index contributed by atoms with van der Waals surface area (Å²) >= 11 is 0. The third kappa shape index (κ3) is 4.67. The molecule has 0 bridgehead atoms. The maximum absolute atomic E-state index is 12.2. The molecule has 0 radical (unpaired) electrons. The summed E-state index contributed by atoms with van der Waals surface area (Å²) in [5.41, 5.74) is 4.10. The van der Waals surface area contributed by atoms with Crippen molar-refractivity contribution in [2.75, 3.05) is 19.0 Å². The summed E-state index contributed by atoms with van der Waals surface area (Å²) in [5.74, 6) is -0.171. The zero-order valence-corrected chi connectivity index (χ0v) is 16.0. The molecule has 3 aromatic carbocycles. The molecular weight excluding hydrogens is 372 g/mol. The predicted molar refractivity (Wildman–Crippen MR) is 112 cm³/mol. The van der Waals surface area contributed by atoms with E-state index >= 15 is 0 Å². The monoisotopic (exact) mass is 392 g/mol. The van der Waals surface area contributed by atoms with Crippen LogP contribution in [-0.4, -0.2) is 30.2 Å². The van der Waals surface area contributed by atoms with Gasteiger partial charge < -0.3 is 10.1 Å². The quantitative estimate of drug-likeness (QED) is 0.362. The first kappa shape index (κ1) is 19.8. The summed E-state index contributed by atoms with van der Waals surface area (Å²) < 4.78 is 4.98. The zero-order valence-electron chi connectivity index (χ0n) is 16.0. The third-order valence-electron chi connectivity index (χ3n) is 4.37. The van der Waals surface area contributed by atoms with E-state index in [-0.39, 0.29) is 23.9 Å². The number of fused-ring (bicyclic) bond motifs is 1. The number of anilines is 1. The number of nitrogens with one attached hydrogen (secondary N) is 2. The number of hydrogen-bond donors (Lipinski definition) is 2. The maximum Gasteiger partial charge on any atom is 0.311 e. The molecule has 3 rings (SSSR count). The van der Waals surface area contributed by atoms with Crippen molar-refractivity contribution in [3.63, 3.8) is 0 Å². The SMILES string of the molecule is COc1ccc(/C(C)=N\NC(=O)CNc2cccc3ccccc23)cc1[N+](=O)[O-]. The Morgan fingerprint density at radius 2 is 1.90 bits per heavy atom. The van der Waals surface area contributed by atoms with Gasteiger partial charge in [0.2, 0.25) is 0 Å². The van der Waals surface area contributed by atoms with Gasteiger partial charge in [-0.3, -0.25) is 14.9 Å². The summed E-state index contributed by atoms with van der Waals surface area (Å²) in [6, 6.07) is 18.2. The highest BCUT2D eigenvalue weighted by Gasteiger charge is 2.16. The van der Waals surface area contributed by atoms with Crippen molar-refractivity contribution in [2.24, 2.45) is 5.10 Å². The number of nitrogens with zero attached hydrogens (tertiary/aromatic N) is 2. The molecule has 0 aliphatic heterocycles. The molecule has 1 amide bonds. The third-order valence-corrected chi connectivity index (χ3v) is 4.37. The second kappa shape index (κ2) is 8.83. The molecule has 0 aliphatic rings. The van der Waals surface area contributed by atoms with Gasteiger partial charge in [0.1, 0.15) is 0 Å². The van der Waals surface area contributed by atoms with Crippen LogP contribution in [0.2, 0.25) is 0 Å². The Morgan fingerprint density at radius 1 is 1.14 bits per heavy atom. The Morgan fingerprint density at radius 3 is 2.66 bits per heavy atom. The second-order valence-electron chi connectivity index (χ2n) is 6.26. The van der Waals surface area contributed by atoms with Crippen molar-refractivity contribution in [3.05, 3.63) is 76.3 Å². The Balaban J connectivity index is 1.66. The van der Waals surface area contributed by atoms with E-state index in [2.05, 4.69) is 15.8 Å². The van der Waals surface area contributed by atoms with Crippen LogP contribution in [0.1, 0.15) is 12.5 Å². The Kier molecular flexibility index (Phi) is 6.03. The van der Waals surface area contributed by atoms with Crippen LogP contribution in [0.25, 0.3) is 10.8 Å². The fourth-order valence-electron chi connectivity index (χ4n) is 2.86. The second-order valence-corrected chi connectivity index (χ2v) is 6.26. The van der Waals surface area contributed by atoms with Gasteiger partial charge in [-0.15, -0.1) is 0 Å². The summed E-state index contributed by atoms with van der Waals surface area (Å²) in [4.78, 5) is 22.8. The normalized spacial score (nSPS) is 11.2. The Bertz CT molecular complexity index is 1090. The summed E-state index contributed by atoms with van der Waals surface area (Å²) in [7, 11) is 1.37. The number of hydrogen-bond acceptors (Lipinski definition) is 6. The molecule has 0 aromatic heterocycles. The Hall–Kier alpha value is -3.94. The van der Waals surface area contributed by atoms with E-state index in [1.54, 1.807) is 13.0 Å². The summed E-state index contributed by atoms with van der Waals surface area (Å²) in [6.07, 6.45) is 0. The summed E-state index contributed by atoms with van der Waals surface area (Å²) in [6.45, 7) is 1.69. The fourth-order valence-corrected chi connectivity index (χ4v) is 2.86. The minimum absolute atomic E-state index is 0.0353. The van der Waals surface area contributed by atoms with Crippen molar-refractivity contribution in [1.29, 1.82) is 0 Å². The molecule has 2 N–H and O–H groups in total. The number of benzene rings is 3. The summed E-state index contributed by atoms with van der Waals surface area (Å²) in [5, 5.41) is 20.4. The van der Waals surface area contributed by atoms with E-state index in [4.69, 9.17) is 4.74 Å². The number of nitro groups is 1. The first-order valence-corrected chi connectivity index (χ1v) is 8.87. The molecular formula is C21H20N4O4. The number of ether oxygens (including phenoxy) is 1. The van der Waals surface area contributed by atoms with Gasteiger partial charge >= 0.3 is 5.69 Å². The van der Waals surface area contributed by atoms with Crippen molar-refractivity contribution in [2.45, 2.75) is 6.92 Å². The molecule has 0 saturated heterocycles. The molecule has 0 spiro atoms. The molecule has 3 aromatic rings. The van der Waals surface area contributed by atoms with E-state index < -0.39 is 4.92 Å². The molecule has 0 unspecified atom stereocenters. The van der Waals surface area contributed by atoms with Crippen LogP contribution in [-0.2, 0) is 4.79 Å². The van der Waals surface area contributed by atoms with E-state index in [9.17, 15) is 14.9 Å². The highest BCUT2D eigenvalue weighted by molar-refractivity contribution is 6.00. The molecule has 0 heterocycles. The van der Waals surface area contributed by atoms with Crippen LogP contribution in [0.3, 0.4) is 0 Å². The van der Waals surface area contributed by atoms with Crippen LogP contribution in [0.5, 0.6) is 5.75 Å². The average Bonchev–Trinajstić information content (AvgIpc) is 2.75. The highest BCUT2D eigenvalue weighted by Crippen LogP contribution is 2.27. The molecule has 8 heteroatoms. The molecule has 0 aliphatic carbocycles. The minimum atomic E-state index is -0.526. The Labute approximate surface area is 167 Å². The lowest BCUT2D eigenvalue weighted by Gasteiger charge is -2.09. The molecule has 8 nitrogen and oxygen atoms in total. The molecule has 0 fully saturated rings. The topological polar surface area (TPSA) is 106 Å². The largest absolute Gasteiger partial charge is 0.490 e. The van der Waals surface area contributed by atoms with Gasteiger partial charge in [0.15, 0.2) is 5.75 Å². The van der Waals surface area contributed by atoms with E-state index in [0.717, 1.165) is 16.5 Å². The number of rotatable bonds is 7. The van der Waals surface area contributed by atoms with Crippen molar-refractivity contribution < 1.29 is 14.5 Å². The van der Waals surface area contributed by atoms with Gasteiger partial charge in [-0.05, 0) is 30.5 Å². The number of carbonyl (C=O) groups is 1. The van der Waals surface area contributed by atoms with E-state index in [1.165, 1.54) is 19.2 Å². The molecule has 29 heavy (non-hydrogen) atoms. The van der Waals surface area contributed by atoms with E-state index in [1.807, 2.05) is 42.5 Å². The number of hydrazone groups is 1. The predicted octanol–water partition coefficient (Wildman–Crippen LogP) is 3.71. The fraction of sp³-hybridized carbons (Fsp3) is 0.143. The van der Waals surface area contributed by atoms with E-state index in [0.29, 0.717) is 11.3 Å². The van der Waals surface area contributed by atoms with Crippen LogP contribution in [0, 0.1) is 10.1 Å². The van der Waals surface area contributed by atoms with Crippen molar-refractivity contribution in [1.82, 2.24) is 5.43 Å². The first-order valence-electron chi connectivity index (χ1n) is 8.87. The van der Waals surface area contributed by atoms with Gasteiger partial charge in [0.25, 0.3) is 5.91 Å². The highest BCUT2D eigenvalue weighted by atomic mass is 16.6. The molecule has 0 saturated carbocycles. The number of nitro benzene ring substituents is 1. The van der Waals surface area contributed by atoms with Crippen molar-refractivity contribution >= 4 is 33.8 Å². The lowest BCUT2D eigenvalue weighted by Crippen LogP contribution is -2.26. The van der Waals surface area contributed by atoms with Crippen LogP contribution >= 0.6 is 0 Å². The zero-order chi connectivity index (χ0) is 20.8. The number of methoxy groups -OCH3 is 1. The molecule has 0 atom stereocenters. The number of amides is 1. The van der Waals surface area contributed by atoms with Crippen LogP contribution in [0.15, 0.2) is 65.8 Å². The van der Waals surface area contributed by atoms with Gasteiger partial charge in [-0.1, -0.05) is 36.4 Å². The van der Waals surface area contributed by atoms with Crippen LogP contribution in [0.4, 0.5) is 11.4 Å². The standard InChI is InChI=1S/C21H20N4O4/c1-14(16-10-11-20(29-2)19(12-16)25(27)28)23-24-21(26)13-22-18-9-5-7-15-6-3-4-8-17(15)18/h3-12,22H,13H2,1-2H3,(H,24,26)/b23-14-. The van der Waals surface area contributed by atoms with Gasteiger partial charge in [0.05, 0.1) is 24.3 Å². The maximum atomic E-state index is 12.2. The van der Waals surface area contributed by atoms with Crippen molar-refractivity contribution in [3.8, 4) is 5.75 Å². The smallest absolute Gasteiger partial charge is 0.311 e. The first-order chi connectivity index (χ1) is 14.0. The number of carbonyl (C=O) groups excluding carboxylic acids is 1. The molecule has 148 valence electrons. The van der Waals surface area contributed by atoms with Gasteiger partial charge in [-0.25, -0.2) is 5.43 Å². The average molecular weight is 392 g/mol. The van der Waals surface area contributed by atoms with Gasteiger partial charge in [0, 0.05) is 22.7 Å². The van der Waals surface area contributed by atoms with Crippen LogP contribution < -0.4 is 15.5 Å². The van der Waals surface area contributed by atoms with Gasteiger partial charge in [-0.2, -0.15) is 5.10 Å². The lowest BCUT2D eigenvalue weighted by atomic mass is 10.1. The lowest BCUT2D eigenvalue weighted by molar-refractivity contribution is -0.385. The minimum Gasteiger partial charge on any atom is -0.490 e.